The van der Waals surface area contributed by atoms with E-state index >= 15 is 0 Å². The summed E-state index contributed by atoms with van der Waals surface area (Å²) in [5.41, 5.74) is 0. The van der Waals surface area contributed by atoms with Crippen molar-refractivity contribution in [3.05, 3.63) is 12.7 Å². The molecule has 5 nitrogen and oxygen atoms in total. The van der Waals surface area contributed by atoms with Gasteiger partial charge in [0.15, 0.2) is 0 Å². The van der Waals surface area contributed by atoms with Crippen LogP contribution in [0.2, 0.25) is 0 Å². The molecule has 2 unspecified atom stereocenters. The first-order chi connectivity index (χ1) is 6.10. The van der Waals surface area contributed by atoms with Crippen molar-refractivity contribution in [2.45, 2.75) is 18.6 Å². The second kappa shape index (κ2) is 6.59. The second-order valence-corrected chi connectivity index (χ2v) is 2.56. The first-order valence-electron chi connectivity index (χ1n) is 3.86. The third-order valence-electron chi connectivity index (χ3n) is 1.34. The highest BCUT2D eigenvalue weighted by Crippen LogP contribution is 1.98. The zero-order valence-electron chi connectivity index (χ0n) is 7.22. The number of carbonyl (C=O) groups is 1. The first kappa shape index (κ1) is 12.1. The fourth-order valence-corrected chi connectivity index (χ4v) is 0.694. The smallest absolute Gasteiger partial charge is 0.330 e. The SMILES string of the molecule is C=CC(=O)OCC(O)CC(O)CO. The molecule has 76 valence electrons. The molecule has 0 saturated carbocycles. The summed E-state index contributed by atoms with van der Waals surface area (Å²) in [7, 11) is 0. The Bertz CT molecular complexity index is 168. The summed E-state index contributed by atoms with van der Waals surface area (Å²) in [6, 6.07) is 0. The van der Waals surface area contributed by atoms with Crippen LogP contribution in [0.3, 0.4) is 0 Å². The van der Waals surface area contributed by atoms with Gasteiger partial charge in [0, 0.05) is 12.5 Å². The van der Waals surface area contributed by atoms with Gasteiger partial charge in [-0.1, -0.05) is 6.58 Å². The Kier molecular flexibility index (Phi) is 6.13. The van der Waals surface area contributed by atoms with Gasteiger partial charge in [-0.3, -0.25) is 0 Å². The summed E-state index contributed by atoms with van der Waals surface area (Å²) in [6.45, 7) is 2.54. The minimum absolute atomic E-state index is 0.0269. The van der Waals surface area contributed by atoms with Crippen molar-refractivity contribution in [2.75, 3.05) is 13.2 Å². The fraction of sp³-hybridized carbons (Fsp3) is 0.625. The zero-order valence-corrected chi connectivity index (χ0v) is 7.22. The van der Waals surface area contributed by atoms with Gasteiger partial charge in [-0.15, -0.1) is 0 Å². The van der Waals surface area contributed by atoms with Gasteiger partial charge in [0.05, 0.1) is 18.8 Å². The molecule has 0 bridgehead atoms. The molecule has 2 atom stereocenters. The average molecular weight is 190 g/mol. The summed E-state index contributed by atoms with van der Waals surface area (Å²) >= 11 is 0. The van der Waals surface area contributed by atoms with Crippen molar-refractivity contribution in [1.29, 1.82) is 0 Å². The standard InChI is InChI=1S/C8H14O5/c1-2-8(12)13-5-7(11)3-6(10)4-9/h2,6-7,9-11H,1,3-5H2. The number of ether oxygens (including phenoxy) is 1. The quantitative estimate of drug-likeness (QED) is 0.362. The normalized spacial score (nSPS) is 14.7. The minimum Gasteiger partial charge on any atom is -0.460 e. The predicted octanol–water partition coefficient (Wildman–Crippen LogP) is -1.18. The van der Waals surface area contributed by atoms with Gasteiger partial charge in [-0.2, -0.15) is 0 Å². The highest BCUT2D eigenvalue weighted by atomic mass is 16.5. The van der Waals surface area contributed by atoms with E-state index in [0.29, 0.717) is 0 Å². The van der Waals surface area contributed by atoms with Crippen molar-refractivity contribution >= 4 is 5.97 Å². The predicted molar refractivity (Wildman–Crippen MR) is 44.9 cm³/mol. The van der Waals surface area contributed by atoms with Crippen LogP contribution in [0.4, 0.5) is 0 Å². The van der Waals surface area contributed by atoms with E-state index in [-0.39, 0.29) is 13.0 Å². The lowest BCUT2D eigenvalue weighted by molar-refractivity contribution is -0.141. The number of aliphatic hydroxyl groups is 3. The molecule has 5 heteroatoms. The highest BCUT2D eigenvalue weighted by Gasteiger charge is 2.12. The molecule has 0 radical (unpaired) electrons. The van der Waals surface area contributed by atoms with Gasteiger partial charge in [0.2, 0.25) is 0 Å². The maximum atomic E-state index is 10.5. The molecule has 0 aromatic heterocycles. The average Bonchev–Trinajstić information content (AvgIpc) is 2.13. The Morgan fingerprint density at radius 2 is 2.08 bits per heavy atom. The Labute approximate surface area is 76.3 Å². The largest absolute Gasteiger partial charge is 0.460 e. The number of hydrogen-bond donors (Lipinski definition) is 3. The summed E-state index contributed by atoms with van der Waals surface area (Å²) < 4.78 is 4.50. The Morgan fingerprint density at radius 1 is 1.46 bits per heavy atom. The maximum absolute atomic E-state index is 10.5. The molecule has 0 heterocycles. The lowest BCUT2D eigenvalue weighted by atomic mass is 10.2. The molecule has 0 fully saturated rings. The van der Waals surface area contributed by atoms with E-state index in [1.807, 2.05) is 0 Å². The first-order valence-corrected chi connectivity index (χ1v) is 3.86. The van der Waals surface area contributed by atoms with Gasteiger partial charge in [0.1, 0.15) is 6.61 Å². The molecule has 0 saturated heterocycles. The zero-order chi connectivity index (χ0) is 10.3. The third kappa shape index (κ3) is 6.27. The molecular weight excluding hydrogens is 176 g/mol. The van der Waals surface area contributed by atoms with Crippen LogP contribution in [0.5, 0.6) is 0 Å². The van der Waals surface area contributed by atoms with Crippen LogP contribution in [0, 0.1) is 0 Å². The van der Waals surface area contributed by atoms with Gasteiger partial charge in [-0.25, -0.2) is 4.79 Å². The lowest BCUT2D eigenvalue weighted by Gasteiger charge is -2.13. The molecule has 0 aromatic carbocycles. The van der Waals surface area contributed by atoms with Crippen LogP contribution in [0.15, 0.2) is 12.7 Å². The van der Waals surface area contributed by atoms with Gasteiger partial charge in [0.25, 0.3) is 0 Å². The van der Waals surface area contributed by atoms with E-state index < -0.39 is 24.8 Å². The monoisotopic (exact) mass is 190 g/mol. The summed E-state index contributed by atoms with van der Waals surface area (Å²) in [5, 5.41) is 26.4. The molecule has 0 amide bonds. The number of carbonyl (C=O) groups excluding carboxylic acids is 1. The van der Waals surface area contributed by atoms with Gasteiger partial charge in [-0.05, 0) is 0 Å². The van der Waals surface area contributed by atoms with E-state index in [1.165, 1.54) is 0 Å². The number of hydrogen-bond acceptors (Lipinski definition) is 5. The van der Waals surface area contributed by atoms with Crippen LogP contribution < -0.4 is 0 Å². The minimum atomic E-state index is -0.988. The van der Waals surface area contributed by atoms with Crippen molar-refractivity contribution < 1.29 is 24.9 Å². The molecule has 3 N–H and O–H groups in total. The Hall–Kier alpha value is -0.910. The number of aliphatic hydroxyl groups excluding tert-OH is 3. The third-order valence-corrected chi connectivity index (χ3v) is 1.34. The van der Waals surface area contributed by atoms with Crippen LogP contribution in [0.25, 0.3) is 0 Å². The van der Waals surface area contributed by atoms with Crippen LogP contribution in [0.1, 0.15) is 6.42 Å². The summed E-state index contributed by atoms with van der Waals surface area (Å²) in [6.07, 6.45) is -1.00. The van der Waals surface area contributed by atoms with Crippen LogP contribution in [-0.2, 0) is 9.53 Å². The number of esters is 1. The second-order valence-electron chi connectivity index (χ2n) is 2.56. The van der Waals surface area contributed by atoms with Gasteiger partial charge >= 0.3 is 5.97 Å². The molecule has 13 heavy (non-hydrogen) atoms. The van der Waals surface area contributed by atoms with Crippen molar-refractivity contribution in [3.8, 4) is 0 Å². The van der Waals surface area contributed by atoms with Crippen LogP contribution in [-0.4, -0.2) is 46.7 Å². The molecule has 0 aromatic rings. The highest BCUT2D eigenvalue weighted by molar-refractivity contribution is 5.81. The molecule has 0 aliphatic heterocycles. The molecule has 0 aliphatic rings. The molecule has 0 aliphatic carbocycles. The number of rotatable bonds is 6. The van der Waals surface area contributed by atoms with Gasteiger partial charge < -0.3 is 20.1 Å². The topological polar surface area (TPSA) is 87.0 Å². The summed E-state index contributed by atoms with van der Waals surface area (Å²) in [4.78, 5) is 10.5. The Balaban J connectivity index is 3.56. The Morgan fingerprint density at radius 3 is 2.54 bits per heavy atom. The van der Waals surface area contributed by atoms with Crippen LogP contribution >= 0.6 is 0 Å². The fourth-order valence-electron chi connectivity index (χ4n) is 0.694. The molecule has 0 rings (SSSR count). The van der Waals surface area contributed by atoms with E-state index in [4.69, 9.17) is 15.3 Å². The van der Waals surface area contributed by atoms with Crippen molar-refractivity contribution in [2.24, 2.45) is 0 Å². The molecule has 0 spiro atoms. The van der Waals surface area contributed by atoms with Crippen molar-refractivity contribution in [1.82, 2.24) is 0 Å². The van der Waals surface area contributed by atoms with E-state index in [2.05, 4.69) is 11.3 Å². The summed E-state index contributed by atoms with van der Waals surface area (Å²) in [5.74, 6) is -0.627. The van der Waals surface area contributed by atoms with E-state index in [0.717, 1.165) is 6.08 Å². The van der Waals surface area contributed by atoms with E-state index in [1.54, 1.807) is 0 Å². The molecular formula is C8H14O5. The van der Waals surface area contributed by atoms with Crippen molar-refractivity contribution in [3.63, 3.8) is 0 Å². The maximum Gasteiger partial charge on any atom is 0.330 e. The lowest BCUT2D eigenvalue weighted by Crippen LogP contribution is -2.25. The van der Waals surface area contributed by atoms with E-state index in [9.17, 15) is 4.79 Å².